The second-order valence-electron chi connectivity index (χ2n) is 6.99. The van der Waals surface area contributed by atoms with Crippen molar-refractivity contribution in [3.05, 3.63) is 46.7 Å². The first-order valence-corrected chi connectivity index (χ1v) is 10.3. The highest BCUT2D eigenvalue weighted by Crippen LogP contribution is 2.23. The normalized spacial score (nSPS) is 19.4. The molecular weight excluding hydrogens is 376 g/mol. The molecule has 2 saturated heterocycles. The van der Waals surface area contributed by atoms with Gasteiger partial charge in [-0.2, -0.15) is 0 Å². The number of carbonyl (C=O) groups excluding carboxylic acids is 3. The minimum Gasteiger partial charge on any atom is -0.337 e. The monoisotopic (exact) mass is 398 g/mol. The maximum atomic E-state index is 12.7. The quantitative estimate of drug-likeness (QED) is 0.831. The number of nitrogens with one attached hydrogen (secondary N) is 2. The van der Waals surface area contributed by atoms with Crippen LogP contribution in [0.15, 0.2) is 41.8 Å². The SMILES string of the molecule is O=C(Nc1ccc(N2CCNC2=O)cc1)C1CCCN(C(=O)c2cccs2)C1. The van der Waals surface area contributed by atoms with Crippen molar-refractivity contribution < 1.29 is 14.4 Å². The molecule has 1 atom stereocenters. The maximum absolute atomic E-state index is 12.7. The van der Waals surface area contributed by atoms with E-state index in [9.17, 15) is 14.4 Å². The van der Waals surface area contributed by atoms with E-state index < -0.39 is 0 Å². The Morgan fingerprint density at radius 2 is 1.96 bits per heavy atom. The summed E-state index contributed by atoms with van der Waals surface area (Å²) >= 11 is 1.42. The first-order valence-electron chi connectivity index (χ1n) is 9.41. The van der Waals surface area contributed by atoms with Gasteiger partial charge in [0.2, 0.25) is 5.91 Å². The maximum Gasteiger partial charge on any atom is 0.321 e. The van der Waals surface area contributed by atoms with E-state index in [0.29, 0.717) is 36.7 Å². The van der Waals surface area contributed by atoms with E-state index in [-0.39, 0.29) is 23.8 Å². The zero-order valence-electron chi connectivity index (χ0n) is 15.4. The summed E-state index contributed by atoms with van der Waals surface area (Å²) in [6.45, 7) is 2.40. The summed E-state index contributed by atoms with van der Waals surface area (Å²) < 4.78 is 0. The van der Waals surface area contributed by atoms with Crippen molar-refractivity contribution >= 4 is 40.6 Å². The average molecular weight is 398 g/mol. The number of rotatable bonds is 4. The Morgan fingerprint density at radius 3 is 2.64 bits per heavy atom. The predicted molar refractivity (Wildman–Crippen MR) is 109 cm³/mol. The highest BCUT2D eigenvalue weighted by Gasteiger charge is 2.29. The van der Waals surface area contributed by atoms with Crippen LogP contribution in [-0.4, -0.2) is 48.9 Å². The predicted octanol–water partition coefficient (Wildman–Crippen LogP) is 2.77. The molecule has 7 nitrogen and oxygen atoms in total. The van der Waals surface area contributed by atoms with Crippen molar-refractivity contribution in [2.24, 2.45) is 5.92 Å². The van der Waals surface area contributed by atoms with Crippen LogP contribution in [0.4, 0.5) is 16.2 Å². The first-order chi connectivity index (χ1) is 13.6. The Balaban J connectivity index is 1.36. The Bertz CT molecular complexity index is 866. The minimum atomic E-state index is -0.221. The topological polar surface area (TPSA) is 81.8 Å². The van der Waals surface area contributed by atoms with E-state index in [1.807, 2.05) is 29.6 Å². The lowest BCUT2D eigenvalue weighted by atomic mass is 9.97. The van der Waals surface area contributed by atoms with Crippen LogP contribution in [0.25, 0.3) is 0 Å². The molecule has 1 aromatic carbocycles. The van der Waals surface area contributed by atoms with E-state index in [0.717, 1.165) is 18.5 Å². The molecule has 2 aliphatic rings. The Kier molecular flexibility index (Phi) is 5.29. The molecule has 2 N–H and O–H groups in total. The third-order valence-electron chi connectivity index (χ3n) is 5.11. The molecule has 0 saturated carbocycles. The molecular formula is C20H22N4O3S. The van der Waals surface area contributed by atoms with Gasteiger partial charge in [0.15, 0.2) is 0 Å². The van der Waals surface area contributed by atoms with Crippen LogP contribution in [0.1, 0.15) is 22.5 Å². The standard InChI is InChI=1S/C20H22N4O3S/c25-18(14-3-1-10-23(13-14)19(26)17-4-2-12-28-17)22-15-5-7-16(8-6-15)24-11-9-21-20(24)27/h2,4-8,12,14H,1,3,9-11,13H2,(H,21,27)(H,22,25). The van der Waals surface area contributed by atoms with Crippen LogP contribution in [0, 0.1) is 5.92 Å². The Labute approximate surface area is 167 Å². The molecule has 1 unspecified atom stereocenters. The number of anilines is 2. The number of hydrogen-bond acceptors (Lipinski definition) is 4. The van der Waals surface area contributed by atoms with Gasteiger partial charge in [0.25, 0.3) is 5.91 Å². The van der Waals surface area contributed by atoms with Gasteiger partial charge in [-0.15, -0.1) is 11.3 Å². The van der Waals surface area contributed by atoms with Crippen molar-refractivity contribution in [2.75, 3.05) is 36.4 Å². The summed E-state index contributed by atoms with van der Waals surface area (Å²) in [4.78, 5) is 41.1. The number of amides is 4. The molecule has 3 heterocycles. The van der Waals surface area contributed by atoms with Crippen LogP contribution in [-0.2, 0) is 4.79 Å². The molecule has 2 fully saturated rings. The molecule has 1 aromatic heterocycles. The van der Waals surface area contributed by atoms with E-state index in [1.54, 1.807) is 21.9 Å². The van der Waals surface area contributed by atoms with Gasteiger partial charge in [0.1, 0.15) is 0 Å². The summed E-state index contributed by atoms with van der Waals surface area (Å²) in [5.41, 5.74) is 1.49. The van der Waals surface area contributed by atoms with Crippen molar-refractivity contribution in [2.45, 2.75) is 12.8 Å². The van der Waals surface area contributed by atoms with Gasteiger partial charge < -0.3 is 15.5 Å². The highest BCUT2D eigenvalue weighted by molar-refractivity contribution is 7.12. The third kappa shape index (κ3) is 3.87. The molecule has 28 heavy (non-hydrogen) atoms. The lowest BCUT2D eigenvalue weighted by Crippen LogP contribution is -2.43. The second kappa shape index (κ2) is 8.02. The fourth-order valence-electron chi connectivity index (χ4n) is 3.62. The number of nitrogens with zero attached hydrogens (tertiary/aromatic N) is 2. The number of benzene rings is 1. The number of thiophene rings is 1. The largest absolute Gasteiger partial charge is 0.337 e. The molecule has 4 amide bonds. The van der Waals surface area contributed by atoms with Gasteiger partial charge in [0.05, 0.1) is 10.8 Å². The minimum absolute atomic E-state index is 0.000688. The van der Waals surface area contributed by atoms with Crippen molar-refractivity contribution in [3.63, 3.8) is 0 Å². The Hall–Kier alpha value is -2.87. The molecule has 146 valence electrons. The van der Waals surface area contributed by atoms with E-state index in [4.69, 9.17) is 0 Å². The number of likely N-dealkylation sites (tertiary alicyclic amines) is 1. The summed E-state index contributed by atoms with van der Waals surface area (Å²) in [6, 6.07) is 10.8. The summed E-state index contributed by atoms with van der Waals surface area (Å²) in [5.74, 6) is -0.294. The van der Waals surface area contributed by atoms with Crippen LogP contribution < -0.4 is 15.5 Å². The summed E-state index contributed by atoms with van der Waals surface area (Å²) in [7, 11) is 0. The number of urea groups is 1. The van der Waals surface area contributed by atoms with E-state index in [1.165, 1.54) is 11.3 Å². The van der Waals surface area contributed by atoms with Gasteiger partial charge in [-0.05, 0) is 48.6 Å². The van der Waals surface area contributed by atoms with Crippen molar-refractivity contribution in [1.82, 2.24) is 10.2 Å². The first kappa shape index (κ1) is 18.5. The zero-order valence-corrected chi connectivity index (χ0v) is 16.2. The van der Waals surface area contributed by atoms with E-state index in [2.05, 4.69) is 10.6 Å². The van der Waals surface area contributed by atoms with Gasteiger partial charge in [0, 0.05) is 37.6 Å². The Morgan fingerprint density at radius 1 is 1.14 bits per heavy atom. The lowest BCUT2D eigenvalue weighted by molar-refractivity contribution is -0.121. The lowest BCUT2D eigenvalue weighted by Gasteiger charge is -2.31. The number of piperidine rings is 1. The zero-order chi connectivity index (χ0) is 19.5. The average Bonchev–Trinajstić information content (AvgIpc) is 3.40. The molecule has 0 spiro atoms. The van der Waals surface area contributed by atoms with Gasteiger partial charge >= 0.3 is 6.03 Å². The van der Waals surface area contributed by atoms with Gasteiger partial charge in [-0.3, -0.25) is 14.5 Å². The number of carbonyl (C=O) groups is 3. The van der Waals surface area contributed by atoms with Crippen LogP contribution in [0.2, 0.25) is 0 Å². The fraction of sp³-hybridized carbons (Fsp3) is 0.350. The second-order valence-corrected chi connectivity index (χ2v) is 7.94. The molecule has 2 aliphatic heterocycles. The smallest absolute Gasteiger partial charge is 0.321 e. The molecule has 8 heteroatoms. The van der Waals surface area contributed by atoms with Crippen molar-refractivity contribution in [3.8, 4) is 0 Å². The summed E-state index contributed by atoms with van der Waals surface area (Å²) in [5, 5.41) is 7.59. The molecule has 0 aliphatic carbocycles. The third-order valence-corrected chi connectivity index (χ3v) is 5.97. The van der Waals surface area contributed by atoms with Crippen LogP contribution >= 0.6 is 11.3 Å². The van der Waals surface area contributed by atoms with Crippen LogP contribution in [0.3, 0.4) is 0 Å². The highest BCUT2D eigenvalue weighted by atomic mass is 32.1. The molecule has 0 bridgehead atoms. The fourth-order valence-corrected chi connectivity index (χ4v) is 4.31. The summed E-state index contributed by atoms with van der Waals surface area (Å²) in [6.07, 6.45) is 1.59. The van der Waals surface area contributed by atoms with E-state index >= 15 is 0 Å². The van der Waals surface area contributed by atoms with Gasteiger partial charge in [-0.25, -0.2) is 4.79 Å². The number of hydrogen-bond donors (Lipinski definition) is 2. The van der Waals surface area contributed by atoms with Gasteiger partial charge in [-0.1, -0.05) is 6.07 Å². The van der Waals surface area contributed by atoms with Crippen LogP contribution in [0.5, 0.6) is 0 Å². The molecule has 2 aromatic rings. The molecule has 4 rings (SSSR count). The van der Waals surface area contributed by atoms with Crippen molar-refractivity contribution in [1.29, 1.82) is 0 Å². The molecule has 0 radical (unpaired) electrons.